The summed E-state index contributed by atoms with van der Waals surface area (Å²) in [6.07, 6.45) is 0. The van der Waals surface area contributed by atoms with Crippen molar-refractivity contribution in [1.29, 1.82) is 0 Å². The quantitative estimate of drug-likeness (QED) is 0.187. The highest BCUT2D eigenvalue weighted by atomic mass is 28.5. The van der Waals surface area contributed by atoms with Crippen LogP contribution in [0.1, 0.15) is 0 Å². The van der Waals surface area contributed by atoms with E-state index in [2.05, 4.69) is 243 Å². The maximum Gasteiger partial charge on any atom is 0.388 e. The van der Waals surface area contributed by atoms with Crippen molar-refractivity contribution in [3.8, 4) is 0 Å². The van der Waals surface area contributed by atoms with Gasteiger partial charge < -0.3 is 12.3 Å². The second-order valence-electron chi connectivity index (χ2n) is 14.3. The Kier molecular flexibility index (Phi) is 10.1. The maximum atomic E-state index is 8.65. The molecular formula is C49H42O3Si4. The summed E-state index contributed by atoms with van der Waals surface area (Å²) in [5.41, 5.74) is 0.689. The molecular weight excluding hydrogens is 749 g/mol. The van der Waals surface area contributed by atoms with Crippen molar-refractivity contribution in [2.75, 3.05) is 0 Å². The van der Waals surface area contributed by atoms with Crippen LogP contribution in [-0.2, 0) is 12.3 Å². The molecule has 0 spiro atoms. The van der Waals surface area contributed by atoms with Crippen molar-refractivity contribution in [2.45, 2.75) is 5.67 Å². The predicted octanol–water partition coefficient (Wildman–Crippen LogP) is 5.62. The Morgan fingerprint density at radius 3 is 0.589 bits per heavy atom. The number of hydrogen-bond donors (Lipinski definition) is 0. The lowest BCUT2D eigenvalue weighted by atomic mass is 10.4. The van der Waals surface area contributed by atoms with E-state index in [4.69, 9.17) is 12.3 Å². The molecule has 0 saturated carbocycles. The minimum atomic E-state index is -3.76. The lowest BCUT2D eigenvalue weighted by Gasteiger charge is -2.54. The average Bonchev–Trinajstić information content (AvgIpc) is 3.29. The molecule has 0 N–H and O–H groups in total. The summed E-state index contributed by atoms with van der Waals surface area (Å²) in [5, 5.41) is 8.98. The van der Waals surface area contributed by atoms with Crippen LogP contribution in [0.4, 0.5) is 0 Å². The third kappa shape index (κ3) is 6.43. The van der Waals surface area contributed by atoms with Gasteiger partial charge in [0.05, 0.1) is 0 Å². The van der Waals surface area contributed by atoms with Crippen LogP contribution in [0.15, 0.2) is 243 Å². The molecule has 1 fully saturated rings. The van der Waals surface area contributed by atoms with Crippen molar-refractivity contribution in [3.63, 3.8) is 0 Å². The Balaban J connectivity index is 1.50. The lowest BCUT2D eigenvalue weighted by Crippen LogP contribution is -2.86. The molecule has 7 heteroatoms. The Labute approximate surface area is 334 Å². The fourth-order valence-electron chi connectivity index (χ4n) is 8.40. The third-order valence-corrected chi connectivity index (χ3v) is 31.8. The largest absolute Gasteiger partial charge is 0.422 e. The standard InChI is InChI=1S/C49H42O3Si4/c1-9-25-42(26-10-1)53(43-27-11-2-12-28-43)41-54(44-29-13-3-14-30-44,45-31-15-4-16-32-45)51-56(48-37-21-7-22-38-48,49-39-23-8-24-40-49)52-55(50-53,46-33-17-5-18-34-46)47-35-19-6-20-36-47/h1-40H,41H2. The third-order valence-electron chi connectivity index (χ3n) is 11.0. The van der Waals surface area contributed by atoms with Gasteiger partial charge in [-0.3, -0.25) is 0 Å². The van der Waals surface area contributed by atoms with E-state index < -0.39 is 33.8 Å². The van der Waals surface area contributed by atoms with Gasteiger partial charge in [-0.15, -0.1) is 0 Å². The van der Waals surface area contributed by atoms with Crippen LogP contribution in [0.3, 0.4) is 0 Å². The molecule has 3 nitrogen and oxygen atoms in total. The van der Waals surface area contributed by atoms with Gasteiger partial charge >= 0.3 is 17.1 Å². The Morgan fingerprint density at radius 2 is 0.393 bits per heavy atom. The molecule has 0 amide bonds. The summed E-state index contributed by atoms with van der Waals surface area (Å²) in [4.78, 5) is 0. The van der Waals surface area contributed by atoms with Gasteiger partial charge in [0.1, 0.15) is 0 Å². The molecule has 56 heavy (non-hydrogen) atoms. The second-order valence-corrected chi connectivity index (χ2v) is 28.6. The first-order chi connectivity index (χ1) is 27.7. The molecule has 0 unspecified atom stereocenters. The summed E-state index contributed by atoms with van der Waals surface area (Å²) < 4.78 is 25.8. The van der Waals surface area contributed by atoms with E-state index in [0.717, 1.165) is 20.7 Å². The zero-order valence-corrected chi connectivity index (χ0v) is 35.0. The van der Waals surface area contributed by atoms with Crippen molar-refractivity contribution in [1.82, 2.24) is 0 Å². The zero-order chi connectivity index (χ0) is 37.7. The Morgan fingerprint density at radius 1 is 0.214 bits per heavy atom. The van der Waals surface area contributed by atoms with E-state index in [0.29, 0.717) is 5.67 Å². The summed E-state index contributed by atoms with van der Waals surface area (Å²) in [5.74, 6) is 0. The smallest absolute Gasteiger partial charge is 0.388 e. The fraction of sp³-hybridized carbons (Fsp3) is 0.0204. The van der Waals surface area contributed by atoms with Crippen molar-refractivity contribution in [3.05, 3.63) is 243 Å². The van der Waals surface area contributed by atoms with Gasteiger partial charge in [0, 0.05) is 5.67 Å². The van der Waals surface area contributed by atoms with Crippen molar-refractivity contribution in [2.24, 2.45) is 0 Å². The van der Waals surface area contributed by atoms with E-state index in [-0.39, 0.29) is 0 Å². The highest BCUT2D eigenvalue weighted by Crippen LogP contribution is 2.34. The molecule has 1 saturated heterocycles. The maximum absolute atomic E-state index is 8.65. The highest BCUT2D eigenvalue weighted by Gasteiger charge is 2.66. The van der Waals surface area contributed by atoms with Gasteiger partial charge in [0.15, 0.2) is 0 Å². The lowest BCUT2D eigenvalue weighted by molar-refractivity contribution is 0.349. The zero-order valence-electron chi connectivity index (χ0n) is 31.0. The summed E-state index contributed by atoms with van der Waals surface area (Å²) in [6.45, 7) is 0. The average molecular weight is 791 g/mol. The number of benzene rings is 8. The molecule has 1 aliphatic rings. The SMILES string of the molecule is c1ccc([Si]2(c3ccccc3)C[Si](c3ccccc3)(c3ccccc3)O[Si](c3ccccc3)(c3ccccc3)O[Si](c3ccccc3)(c3ccccc3)O2)cc1. The Hall–Kier alpha value is -5.49. The molecule has 1 heterocycles. The molecule has 272 valence electrons. The normalized spacial score (nSPS) is 16.9. The van der Waals surface area contributed by atoms with Gasteiger partial charge in [0.25, 0.3) is 0 Å². The molecule has 8 aromatic carbocycles. The van der Waals surface area contributed by atoms with E-state index in [1.165, 1.54) is 20.7 Å². The first-order valence-electron chi connectivity index (χ1n) is 19.2. The van der Waals surface area contributed by atoms with E-state index >= 15 is 0 Å². The van der Waals surface area contributed by atoms with Crippen LogP contribution >= 0.6 is 0 Å². The van der Waals surface area contributed by atoms with E-state index in [1.54, 1.807) is 0 Å². The fourth-order valence-corrected chi connectivity index (χ4v) is 35.4. The van der Waals surface area contributed by atoms with Crippen LogP contribution in [0.5, 0.6) is 0 Å². The first kappa shape index (κ1) is 36.2. The topological polar surface area (TPSA) is 27.7 Å². The van der Waals surface area contributed by atoms with Gasteiger partial charge in [-0.25, -0.2) is 0 Å². The molecule has 0 radical (unpaired) electrons. The predicted molar refractivity (Wildman–Crippen MR) is 240 cm³/mol. The summed E-state index contributed by atoms with van der Waals surface area (Å²) in [6, 6.07) is 86.9. The van der Waals surface area contributed by atoms with Crippen LogP contribution in [0, 0.1) is 0 Å². The molecule has 8 aromatic rings. The molecule has 0 aromatic heterocycles. The first-order valence-corrected chi connectivity index (χ1v) is 27.1. The van der Waals surface area contributed by atoms with Gasteiger partial charge in [0.2, 0.25) is 16.6 Å². The van der Waals surface area contributed by atoms with E-state index in [9.17, 15) is 0 Å². The molecule has 0 atom stereocenters. The van der Waals surface area contributed by atoms with E-state index in [1.807, 2.05) is 0 Å². The van der Waals surface area contributed by atoms with Crippen LogP contribution in [-0.4, -0.2) is 33.8 Å². The minimum Gasteiger partial charge on any atom is -0.422 e. The number of hydrogen-bond acceptors (Lipinski definition) is 3. The molecule has 1 aliphatic heterocycles. The second kappa shape index (κ2) is 15.6. The van der Waals surface area contributed by atoms with Crippen molar-refractivity contribution >= 4 is 75.3 Å². The van der Waals surface area contributed by atoms with Crippen LogP contribution in [0.2, 0.25) is 5.67 Å². The van der Waals surface area contributed by atoms with Crippen molar-refractivity contribution < 1.29 is 12.3 Å². The minimum absolute atomic E-state index is 0.689. The highest BCUT2D eigenvalue weighted by molar-refractivity contribution is 7.21. The monoisotopic (exact) mass is 790 g/mol. The number of rotatable bonds is 8. The molecule has 9 rings (SSSR count). The van der Waals surface area contributed by atoms with Crippen LogP contribution in [0.25, 0.3) is 0 Å². The van der Waals surface area contributed by atoms with Crippen LogP contribution < -0.4 is 41.5 Å². The van der Waals surface area contributed by atoms with Gasteiger partial charge in [-0.05, 0) is 41.5 Å². The summed E-state index contributed by atoms with van der Waals surface area (Å²) in [7, 11) is -14.3. The van der Waals surface area contributed by atoms with Gasteiger partial charge in [-0.2, -0.15) is 0 Å². The summed E-state index contributed by atoms with van der Waals surface area (Å²) >= 11 is 0. The molecule has 0 aliphatic carbocycles. The van der Waals surface area contributed by atoms with Gasteiger partial charge in [-0.1, -0.05) is 243 Å². The molecule has 0 bridgehead atoms. The Bertz CT molecular complexity index is 1930.